The number of carbonyl (C=O) groups excluding carboxylic acids is 2. The maximum absolute atomic E-state index is 12.5. The summed E-state index contributed by atoms with van der Waals surface area (Å²) in [4.78, 5) is 32.6. The number of hydrogen-bond acceptors (Lipinski definition) is 4. The number of halogens is 1. The molecular weight excluding hydrogens is 366 g/mol. The third-order valence-electron chi connectivity index (χ3n) is 5.32. The van der Waals surface area contributed by atoms with Gasteiger partial charge in [0.15, 0.2) is 0 Å². The first-order valence-corrected chi connectivity index (χ1v) is 9.38. The highest BCUT2D eigenvalue weighted by Gasteiger charge is 2.46. The summed E-state index contributed by atoms with van der Waals surface area (Å²) in [7, 11) is 0. The van der Waals surface area contributed by atoms with Crippen molar-refractivity contribution in [1.29, 1.82) is 0 Å². The number of rotatable bonds is 5. The van der Waals surface area contributed by atoms with Gasteiger partial charge in [-0.2, -0.15) is 0 Å². The molecule has 3 unspecified atom stereocenters. The number of H-pyrrole nitrogens is 1. The minimum absolute atomic E-state index is 0. The van der Waals surface area contributed by atoms with E-state index in [0.717, 1.165) is 49.2 Å². The number of nitrogens with zero attached hydrogens (tertiary/aromatic N) is 1. The molecule has 4 rings (SSSR count). The van der Waals surface area contributed by atoms with Gasteiger partial charge in [-0.1, -0.05) is 12.1 Å². The van der Waals surface area contributed by atoms with Gasteiger partial charge in [-0.15, -0.1) is 12.4 Å². The van der Waals surface area contributed by atoms with E-state index in [0.29, 0.717) is 0 Å². The zero-order valence-electron chi connectivity index (χ0n) is 15.3. The van der Waals surface area contributed by atoms with Crippen LogP contribution in [0.5, 0.6) is 0 Å². The molecule has 2 aromatic rings. The van der Waals surface area contributed by atoms with Gasteiger partial charge < -0.3 is 20.9 Å². The number of fused-ring (bicyclic) bond motifs is 1. The van der Waals surface area contributed by atoms with Gasteiger partial charge in [0.25, 0.3) is 0 Å². The highest BCUT2D eigenvalue weighted by molar-refractivity contribution is 5.90. The van der Waals surface area contributed by atoms with E-state index in [-0.39, 0.29) is 42.1 Å². The number of nitrogens with one attached hydrogen (secondary N) is 4. The standard InChI is InChI=1S/C19H25N5O2.ClH/c1-11(18(25)22-12-6-8-20-9-7-12)21-19(26)14-10-13(14)17-23-15-4-2-3-5-16(15)24-17;/h2-5,11-14,20H,6-10H2,1H3,(H,21,26)(H,22,25)(H,23,24);1H. The van der Waals surface area contributed by atoms with Crippen molar-refractivity contribution in [3.8, 4) is 0 Å². The van der Waals surface area contributed by atoms with Crippen LogP contribution in [0.25, 0.3) is 11.0 Å². The number of amides is 2. The summed E-state index contributed by atoms with van der Waals surface area (Å²) < 4.78 is 0. The molecule has 2 amide bonds. The van der Waals surface area contributed by atoms with E-state index in [2.05, 4.69) is 25.9 Å². The van der Waals surface area contributed by atoms with Crippen LogP contribution in [0.1, 0.15) is 37.9 Å². The molecule has 0 radical (unpaired) electrons. The second-order valence-corrected chi connectivity index (χ2v) is 7.35. The van der Waals surface area contributed by atoms with Crippen LogP contribution >= 0.6 is 12.4 Å². The zero-order chi connectivity index (χ0) is 18.1. The van der Waals surface area contributed by atoms with Gasteiger partial charge in [0, 0.05) is 17.9 Å². The Labute approximate surface area is 164 Å². The lowest BCUT2D eigenvalue weighted by atomic mass is 10.1. The predicted octanol–water partition coefficient (Wildman–Crippen LogP) is 1.46. The van der Waals surface area contributed by atoms with Crippen molar-refractivity contribution < 1.29 is 9.59 Å². The van der Waals surface area contributed by atoms with Crippen LogP contribution in [-0.2, 0) is 9.59 Å². The molecule has 2 heterocycles. The van der Waals surface area contributed by atoms with Crippen LogP contribution in [0.15, 0.2) is 24.3 Å². The fraction of sp³-hybridized carbons (Fsp3) is 0.526. The highest BCUT2D eigenvalue weighted by Crippen LogP contribution is 2.46. The Kier molecular flexibility index (Phi) is 6.01. The summed E-state index contributed by atoms with van der Waals surface area (Å²) in [5, 5.41) is 9.16. The maximum Gasteiger partial charge on any atom is 0.242 e. The van der Waals surface area contributed by atoms with Crippen LogP contribution in [0.4, 0.5) is 0 Å². The molecule has 1 aromatic carbocycles. The van der Waals surface area contributed by atoms with Gasteiger partial charge in [-0.05, 0) is 51.4 Å². The number of benzene rings is 1. The van der Waals surface area contributed by atoms with Crippen LogP contribution in [-0.4, -0.2) is 47.0 Å². The van der Waals surface area contributed by atoms with Crippen LogP contribution in [0, 0.1) is 5.92 Å². The van der Waals surface area contributed by atoms with Gasteiger partial charge in [0.05, 0.1) is 11.0 Å². The molecule has 1 saturated carbocycles. The van der Waals surface area contributed by atoms with Crippen molar-refractivity contribution >= 4 is 35.3 Å². The first-order valence-electron chi connectivity index (χ1n) is 9.38. The van der Waals surface area contributed by atoms with Crippen LogP contribution < -0.4 is 16.0 Å². The van der Waals surface area contributed by atoms with Gasteiger partial charge in [-0.25, -0.2) is 4.98 Å². The molecule has 146 valence electrons. The third-order valence-corrected chi connectivity index (χ3v) is 5.32. The van der Waals surface area contributed by atoms with E-state index in [1.54, 1.807) is 6.92 Å². The van der Waals surface area contributed by atoms with E-state index >= 15 is 0 Å². The first-order chi connectivity index (χ1) is 12.6. The summed E-state index contributed by atoms with van der Waals surface area (Å²) in [6.45, 7) is 3.59. The molecular formula is C19H26ClN5O2. The van der Waals surface area contributed by atoms with E-state index < -0.39 is 6.04 Å². The fourth-order valence-corrected chi connectivity index (χ4v) is 3.61. The molecule has 1 aliphatic heterocycles. The number of imidazole rings is 1. The van der Waals surface area contributed by atoms with Crippen molar-refractivity contribution in [2.45, 2.75) is 44.2 Å². The van der Waals surface area contributed by atoms with E-state index in [4.69, 9.17) is 0 Å². The molecule has 2 aliphatic rings. The average Bonchev–Trinajstić information content (AvgIpc) is 3.34. The Morgan fingerprint density at radius 1 is 1.22 bits per heavy atom. The number of aromatic amines is 1. The molecule has 8 heteroatoms. The quantitative estimate of drug-likeness (QED) is 0.620. The van der Waals surface area contributed by atoms with Gasteiger partial charge in [0.1, 0.15) is 11.9 Å². The number of piperidine rings is 1. The average molecular weight is 392 g/mol. The second kappa shape index (κ2) is 8.27. The lowest BCUT2D eigenvalue weighted by molar-refractivity contribution is -0.129. The summed E-state index contributed by atoms with van der Waals surface area (Å²) in [6.07, 6.45) is 2.64. The van der Waals surface area contributed by atoms with E-state index in [1.807, 2.05) is 24.3 Å². The molecule has 4 N–H and O–H groups in total. The first kappa shape index (κ1) is 19.6. The van der Waals surface area contributed by atoms with E-state index in [1.165, 1.54) is 0 Å². The van der Waals surface area contributed by atoms with Crippen molar-refractivity contribution in [3.63, 3.8) is 0 Å². The monoisotopic (exact) mass is 391 g/mol. The molecule has 0 spiro atoms. The SMILES string of the molecule is CC(NC(=O)C1CC1c1nc2ccccc2[nH]1)C(=O)NC1CCNCC1.Cl. The molecule has 1 aliphatic carbocycles. The zero-order valence-corrected chi connectivity index (χ0v) is 16.1. The van der Waals surface area contributed by atoms with Gasteiger partial charge in [-0.3, -0.25) is 9.59 Å². The summed E-state index contributed by atoms with van der Waals surface area (Å²) >= 11 is 0. The molecule has 2 fully saturated rings. The largest absolute Gasteiger partial charge is 0.351 e. The van der Waals surface area contributed by atoms with Gasteiger partial charge >= 0.3 is 0 Å². The highest BCUT2D eigenvalue weighted by atomic mass is 35.5. The Morgan fingerprint density at radius 2 is 1.96 bits per heavy atom. The second-order valence-electron chi connectivity index (χ2n) is 7.35. The minimum Gasteiger partial charge on any atom is -0.351 e. The molecule has 27 heavy (non-hydrogen) atoms. The summed E-state index contributed by atoms with van der Waals surface area (Å²) in [5.74, 6) is 0.694. The third kappa shape index (κ3) is 4.42. The molecule has 1 aromatic heterocycles. The van der Waals surface area contributed by atoms with Crippen molar-refractivity contribution in [1.82, 2.24) is 25.9 Å². The molecule has 0 bridgehead atoms. The number of hydrogen-bond donors (Lipinski definition) is 4. The lowest BCUT2D eigenvalue weighted by Gasteiger charge is -2.25. The molecule has 7 nitrogen and oxygen atoms in total. The predicted molar refractivity (Wildman–Crippen MR) is 106 cm³/mol. The van der Waals surface area contributed by atoms with Gasteiger partial charge in [0.2, 0.25) is 11.8 Å². The Bertz CT molecular complexity index is 784. The lowest BCUT2D eigenvalue weighted by Crippen LogP contribution is -2.50. The Morgan fingerprint density at radius 3 is 2.70 bits per heavy atom. The molecule has 1 saturated heterocycles. The Hall–Kier alpha value is -2.12. The Balaban J connectivity index is 0.00000210. The minimum atomic E-state index is -0.519. The normalized spacial score (nSPS) is 23.3. The number of para-hydroxylation sites is 2. The summed E-state index contributed by atoms with van der Waals surface area (Å²) in [6, 6.07) is 7.54. The number of carbonyl (C=O) groups is 2. The maximum atomic E-state index is 12.5. The van der Waals surface area contributed by atoms with Crippen molar-refractivity contribution in [2.75, 3.05) is 13.1 Å². The summed E-state index contributed by atoms with van der Waals surface area (Å²) in [5.41, 5.74) is 1.91. The van der Waals surface area contributed by atoms with Crippen molar-refractivity contribution in [2.24, 2.45) is 5.92 Å². The number of aromatic nitrogens is 2. The smallest absolute Gasteiger partial charge is 0.242 e. The van der Waals surface area contributed by atoms with Crippen LogP contribution in [0.2, 0.25) is 0 Å². The van der Waals surface area contributed by atoms with Crippen LogP contribution in [0.3, 0.4) is 0 Å². The molecule has 3 atom stereocenters. The van der Waals surface area contributed by atoms with E-state index in [9.17, 15) is 9.59 Å². The topological polar surface area (TPSA) is 98.9 Å². The van der Waals surface area contributed by atoms with Crippen molar-refractivity contribution in [3.05, 3.63) is 30.1 Å². The fourth-order valence-electron chi connectivity index (χ4n) is 3.61.